The van der Waals surface area contributed by atoms with Crippen molar-refractivity contribution >= 4 is 23.3 Å². The first-order chi connectivity index (χ1) is 22.4. The molecule has 0 amide bonds. The van der Waals surface area contributed by atoms with Crippen LogP contribution in [0.4, 0.5) is 11.6 Å². The first kappa shape index (κ1) is 28.0. The zero-order chi connectivity index (χ0) is 31.3. The van der Waals surface area contributed by atoms with Gasteiger partial charge in [0.05, 0.1) is 17.4 Å². The molecule has 6 aromatic rings. The molecule has 0 radical (unpaired) electrons. The van der Waals surface area contributed by atoms with E-state index in [2.05, 4.69) is 165 Å². The summed E-state index contributed by atoms with van der Waals surface area (Å²) in [6, 6.07) is 45.4. The third kappa shape index (κ3) is 5.04. The number of benzene rings is 5. The van der Waals surface area contributed by atoms with Crippen LogP contribution in [0.1, 0.15) is 49.1 Å². The highest BCUT2D eigenvalue weighted by Crippen LogP contribution is 2.48. The second-order valence-electron chi connectivity index (χ2n) is 13.1. The Labute approximate surface area is 271 Å². The molecular formula is C43H35N3. The standard InChI is InChI=1S/C43H35N3/c1-43(2,3)36-22-23-40-38(28-36)34-21-20-32-12-7-8-15-37(32)41(27-34)46(40)42-44-25-24-39(45-42)35-14-9-13-33(26-35)31-18-16-30(17-19-31)29-10-5-4-6-11-29/h4-28,41H,1-3H3. The molecule has 0 saturated carbocycles. The van der Waals surface area contributed by atoms with Crippen molar-refractivity contribution < 1.29 is 0 Å². The molecule has 8 rings (SSSR count). The molecule has 1 atom stereocenters. The molecule has 0 N–H and O–H groups in total. The molecule has 1 unspecified atom stereocenters. The van der Waals surface area contributed by atoms with Crippen molar-refractivity contribution in [2.75, 3.05) is 4.90 Å². The van der Waals surface area contributed by atoms with Gasteiger partial charge in [0.2, 0.25) is 5.95 Å². The van der Waals surface area contributed by atoms with Crippen molar-refractivity contribution in [3.8, 4) is 33.5 Å². The Morgan fingerprint density at radius 2 is 1.30 bits per heavy atom. The minimum absolute atomic E-state index is 0.0288. The highest BCUT2D eigenvalue weighted by Gasteiger charge is 2.33. The summed E-state index contributed by atoms with van der Waals surface area (Å²) in [7, 11) is 0. The zero-order valence-electron chi connectivity index (χ0n) is 26.4. The summed E-state index contributed by atoms with van der Waals surface area (Å²) in [5, 5.41) is 0. The molecule has 2 bridgehead atoms. The number of allylic oxidation sites excluding steroid dienone is 2. The summed E-state index contributed by atoms with van der Waals surface area (Å²) in [6.07, 6.45) is 8.76. The number of fused-ring (bicyclic) bond motifs is 5. The lowest BCUT2D eigenvalue weighted by atomic mass is 9.83. The lowest BCUT2D eigenvalue weighted by Crippen LogP contribution is -2.28. The van der Waals surface area contributed by atoms with Gasteiger partial charge in [-0.05, 0) is 80.3 Å². The van der Waals surface area contributed by atoms with Crippen LogP contribution in [0.2, 0.25) is 0 Å². The minimum Gasteiger partial charge on any atom is -0.299 e. The third-order valence-electron chi connectivity index (χ3n) is 9.15. The molecule has 46 heavy (non-hydrogen) atoms. The number of hydrogen-bond acceptors (Lipinski definition) is 3. The quantitative estimate of drug-likeness (QED) is 0.204. The predicted octanol–water partition coefficient (Wildman–Crippen LogP) is 11.1. The van der Waals surface area contributed by atoms with Crippen LogP contribution in [0.25, 0.3) is 45.2 Å². The van der Waals surface area contributed by atoms with Gasteiger partial charge in [-0.1, -0.05) is 136 Å². The smallest absolute Gasteiger partial charge is 0.231 e. The summed E-state index contributed by atoms with van der Waals surface area (Å²) in [4.78, 5) is 12.4. The van der Waals surface area contributed by atoms with E-state index in [9.17, 15) is 0 Å². The van der Waals surface area contributed by atoms with Crippen molar-refractivity contribution in [3.05, 3.63) is 168 Å². The van der Waals surface area contributed by atoms with Crippen molar-refractivity contribution in [1.82, 2.24) is 9.97 Å². The molecular weight excluding hydrogens is 558 g/mol. The zero-order valence-corrected chi connectivity index (χ0v) is 26.4. The lowest BCUT2D eigenvalue weighted by Gasteiger charge is -2.36. The molecule has 5 aromatic carbocycles. The second-order valence-corrected chi connectivity index (χ2v) is 13.1. The number of hydrogen-bond donors (Lipinski definition) is 0. The lowest BCUT2D eigenvalue weighted by molar-refractivity contribution is 0.590. The molecule has 0 spiro atoms. The van der Waals surface area contributed by atoms with E-state index in [0.717, 1.165) is 22.5 Å². The van der Waals surface area contributed by atoms with Gasteiger partial charge in [-0.3, -0.25) is 4.90 Å². The van der Waals surface area contributed by atoms with Crippen LogP contribution in [-0.2, 0) is 5.41 Å². The second kappa shape index (κ2) is 11.1. The van der Waals surface area contributed by atoms with E-state index in [-0.39, 0.29) is 11.5 Å². The van der Waals surface area contributed by atoms with Gasteiger partial charge in [0.1, 0.15) is 0 Å². The van der Waals surface area contributed by atoms with Gasteiger partial charge >= 0.3 is 0 Å². The van der Waals surface area contributed by atoms with Crippen molar-refractivity contribution in [2.24, 2.45) is 0 Å². The van der Waals surface area contributed by atoms with Gasteiger partial charge < -0.3 is 0 Å². The van der Waals surface area contributed by atoms with E-state index in [0.29, 0.717) is 5.95 Å². The maximum atomic E-state index is 5.24. The molecule has 2 heterocycles. The number of nitrogens with zero attached hydrogens (tertiary/aromatic N) is 3. The Morgan fingerprint density at radius 3 is 2.11 bits per heavy atom. The maximum Gasteiger partial charge on any atom is 0.231 e. The first-order valence-corrected chi connectivity index (χ1v) is 15.9. The normalized spacial score (nSPS) is 15.1. The van der Waals surface area contributed by atoms with Gasteiger partial charge in [-0.2, -0.15) is 0 Å². The average molecular weight is 594 g/mol. The van der Waals surface area contributed by atoms with E-state index in [4.69, 9.17) is 9.97 Å². The molecule has 0 fully saturated rings. The van der Waals surface area contributed by atoms with E-state index >= 15 is 0 Å². The van der Waals surface area contributed by atoms with Crippen LogP contribution < -0.4 is 4.90 Å². The summed E-state index contributed by atoms with van der Waals surface area (Å²) >= 11 is 0. The largest absolute Gasteiger partial charge is 0.299 e. The van der Waals surface area contributed by atoms with Gasteiger partial charge in [0.15, 0.2) is 0 Å². The Hall–Kier alpha value is -5.54. The molecule has 1 aliphatic heterocycles. The monoisotopic (exact) mass is 593 g/mol. The number of rotatable bonds is 4. The Kier molecular flexibility index (Phi) is 6.76. The minimum atomic E-state index is -0.0288. The fourth-order valence-corrected chi connectivity index (χ4v) is 6.62. The van der Waals surface area contributed by atoms with E-state index in [1.54, 1.807) is 0 Å². The Balaban J connectivity index is 1.20. The SMILES string of the molecule is CC(C)(C)c1ccc2c(c1)C1=CC(c3ccccc3C=C1)N2c1nccc(-c2cccc(-c3ccc(-c4ccccc4)cc3)c2)n1. The first-order valence-electron chi connectivity index (χ1n) is 15.9. The molecule has 3 nitrogen and oxygen atoms in total. The summed E-state index contributed by atoms with van der Waals surface area (Å²) < 4.78 is 0. The third-order valence-corrected chi connectivity index (χ3v) is 9.15. The van der Waals surface area contributed by atoms with Gasteiger partial charge in [0.25, 0.3) is 0 Å². The fourth-order valence-electron chi connectivity index (χ4n) is 6.62. The number of aromatic nitrogens is 2. The van der Waals surface area contributed by atoms with Crippen LogP contribution >= 0.6 is 0 Å². The topological polar surface area (TPSA) is 29.0 Å². The molecule has 3 heteroatoms. The molecule has 2 aliphatic rings. The van der Waals surface area contributed by atoms with E-state index in [1.165, 1.54) is 44.5 Å². The average Bonchev–Trinajstić information content (AvgIpc) is 3.26. The van der Waals surface area contributed by atoms with Crippen LogP contribution in [-0.4, -0.2) is 9.97 Å². The maximum absolute atomic E-state index is 5.24. The van der Waals surface area contributed by atoms with Crippen LogP contribution in [0, 0.1) is 0 Å². The van der Waals surface area contributed by atoms with Gasteiger partial charge in [0, 0.05) is 17.3 Å². The van der Waals surface area contributed by atoms with Gasteiger partial charge in [-0.15, -0.1) is 0 Å². The van der Waals surface area contributed by atoms with E-state index < -0.39 is 0 Å². The van der Waals surface area contributed by atoms with Gasteiger partial charge in [-0.25, -0.2) is 9.97 Å². The summed E-state index contributed by atoms with van der Waals surface area (Å²) in [5.74, 6) is 0.692. The Morgan fingerprint density at radius 1 is 0.609 bits per heavy atom. The van der Waals surface area contributed by atoms with E-state index in [1.807, 2.05) is 12.3 Å². The predicted molar refractivity (Wildman–Crippen MR) is 192 cm³/mol. The molecule has 222 valence electrons. The molecule has 1 aliphatic carbocycles. The number of anilines is 2. The van der Waals surface area contributed by atoms with Crippen LogP contribution in [0.5, 0.6) is 0 Å². The summed E-state index contributed by atoms with van der Waals surface area (Å²) in [6.45, 7) is 6.80. The van der Waals surface area contributed by atoms with Crippen LogP contribution in [0.15, 0.2) is 146 Å². The summed E-state index contributed by atoms with van der Waals surface area (Å²) in [5.41, 5.74) is 14.1. The highest BCUT2D eigenvalue weighted by atomic mass is 15.3. The Bertz CT molecular complexity index is 2130. The molecule has 0 saturated heterocycles. The molecule has 1 aromatic heterocycles. The van der Waals surface area contributed by atoms with Crippen molar-refractivity contribution in [3.63, 3.8) is 0 Å². The van der Waals surface area contributed by atoms with Crippen molar-refractivity contribution in [2.45, 2.75) is 32.2 Å². The fraction of sp³-hybridized carbons (Fsp3) is 0.116. The highest BCUT2D eigenvalue weighted by molar-refractivity contribution is 5.93. The van der Waals surface area contributed by atoms with Crippen LogP contribution in [0.3, 0.4) is 0 Å². The van der Waals surface area contributed by atoms with Crippen molar-refractivity contribution in [1.29, 1.82) is 0 Å².